The molecule has 4 aromatic rings. The Bertz CT molecular complexity index is 1540. The molecule has 3 aromatic carbocycles. The minimum absolute atomic E-state index is 0.0368. The summed E-state index contributed by atoms with van der Waals surface area (Å²) in [5, 5.41) is 20.4. The van der Waals surface area contributed by atoms with Crippen LogP contribution in [0.4, 0.5) is 4.39 Å². The van der Waals surface area contributed by atoms with Gasteiger partial charge in [0.2, 0.25) is 10.0 Å². The number of ether oxygens (including phenoxy) is 1. The predicted molar refractivity (Wildman–Crippen MR) is 140 cm³/mol. The van der Waals surface area contributed by atoms with Crippen LogP contribution in [0.5, 0.6) is 5.75 Å². The SMILES string of the molecule is COc1ccc(-c2cc(-c3cccc(SC(=S)N(C)O)c3)nn2-c2ccc(S(N)(=O)=O)cc2)cc1F. The van der Waals surface area contributed by atoms with Gasteiger partial charge in [-0.1, -0.05) is 36.1 Å². The molecule has 0 saturated heterocycles. The van der Waals surface area contributed by atoms with Gasteiger partial charge in [-0.15, -0.1) is 0 Å². The molecule has 0 spiro atoms. The Morgan fingerprint density at radius 1 is 1.11 bits per heavy atom. The predicted octanol–water partition coefficient (Wildman–Crippen LogP) is 4.70. The number of aromatic nitrogens is 2. The van der Waals surface area contributed by atoms with Gasteiger partial charge in [-0.25, -0.2) is 27.7 Å². The number of nitrogens with zero attached hydrogens (tertiary/aromatic N) is 3. The molecule has 3 N–H and O–H groups in total. The van der Waals surface area contributed by atoms with Crippen molar-refractivity contribution in [2.75, 3.05) is 14.2 Å². The number of rotatable bonds is 6. The second-order valence-electron chi connectivity index (χ2n) is 7.63. The first-order valence-electron chi connectivity index (χ1n) is 10.4. The summed E-state index contributed by atoms with van der Waals surface area (Å²) in [7, 11) is -1.03. The summed E-state index contributed by atoms with van der Waals surface area (Å²) in [6.07, 6.45) is 0. The lowest BCUT2D eigenvalue weighted by Gasteiger charge is -2.11. The number of hydrogen-bond acceptors (Lipinski definition) is 7. The molecule has 186 valence electrons. The Morgan fingerprint density at radius 2 is 1.83 bits per heavy atom. The van der Waals surface area contributed by atoms with Gasteiger partial charge in [0.25, 0.3) is 0 Å². The van der Waals surface area contributed by atoms with Gasteiger partial charge in [0.15, 0.2) is 15.9 Å². The first-order chi connectivity index (χ1) is 17.1. The number of halogens is 1. The summed E-state index contributed by atoms with van der Waals surface area (Å²) in [5.74, 6) is -0.425. The van der Waals surface area contributed by atoms with Crippen molar-refractivity contribution in [3.63, 3.8) is 0 Å². The van der Waals surface area contributed by atoms with Crippen molar-refractivity contribution in [2.24, 2.45) is 5.14 Å². The highest BCUT2D eigenvalue weighted by Gasteiger charge is 2.17. The standard InChI is InChI=1S/C24H21FN4O4S3/c1-28(30)24(34)35-18-5-3-4-15(12-18)21-14-22(16-6-11-23(33-2)20(25)13-16)29(27-21)17-7-9-19(10-8-17)36(26,31)32/h3-14,30H,1-2H3,(H2,26,31,32). The average Bonchev–Trinajstić information content (AvgIpc) is 3.29. The number of thiocarbonyl (C=S) groups is 1. The van der Waals surface area contributed by atoms with Gasteiger partial charge in [-0.05, 0) is 60.7 Å². The maximum Gasteiger partial charge on any atom is 0.238 e. The zero-order valence-electron chi connectivity index (χ0n) is 19.1. The van der Waals surface area contributed by atoms with E-state index >= 15 is 0 Å². The Balaban J connectivity index is 1.83. The number of benzene rings is 3. The molecule has 0 aliphatic rings. The van der Waals surface area contributed by atoms with Crippen LogP contribution in [0.1, 0.15) is 0 Å². The van der Waals surface area contributed by atoms with Gasteiger partial charge in [-0.2, -0.15) is 5.10 Å². The van der Waals surface area contributed by atoms with Crippen LogP contribution in [0.25, 0.3) is 28.2 Å². The molecule has 0 fully saturated rings. The molecule has 0 bridgehead atoms. The van der Waals surface area contributed by atoms with Crippen molar-refractivity contribution >= 4 is 38.3 Å². The van der Waals surface area contributed by atoms with Crippen molar-refractivity contribution in [3.05, 3.63) is 78.6 Å². The van der Waals surface area contributed by atoms with Crippen LogP contribution in [0.15, 0.2) is 82.6 Å². The quantitative estimate of drug-likeness (QED) is 0.204. The highest BCUT2D eigenvalue weighted by molar-refractivity contribution is 8.22. The van der Waals surface area contributed by atoms with E-state index in [0.717, 1.165) is 15.5 Å². The molecule has 1 heterocycles. The molecule has 0 radical (unpaired) electrons. The zero-order chi connectivity index (χ0) is 26.0. The van der Waals surface area contributed by atoms with Crippen molar-refractivity contribution in [1.29, 1.82) is 0 Å². The van der Waals surface area contributed by atoms with E-state index in [1.807, 2.05) is 24.3 Å². The third-order valence-electron chi connectivity index (χ3n) is 5.17. The molecule has 0 atom stereocenters. The summed E-state index contributed by atoms with van der Waals surface area (Å²) < 4.78 is 44.8. The normalized spacial score (nSPS) is 11.4. The van der Waals surface area contributed by atoms with Crippen LogP contribution in [-0.4, -0.2) is 46.9 Å². The highest BCUT2D eigenvalue weighted by atomic mass is 32.2. The molecule has 12 heteroatoms. The van der Waals surface area contributed by atoms with Gasteiger partial charge in [0.1, 0.15) is 0 Å². The smallest absolute Gasteiger partial charge is 0.238 e. The van der Waals surface area contributed by atoms with Gasteiger partial charge >= 0.3 is 0 Å². The molecule has 0 unspecified atom stereocenters. The Morgan fingerprint density at radius 3 is 2.44 bits per heavy atom. The van der Waals surface area contributed by atoms with E-state index in [2.05, 4.69) is 0 Å². The van der Waals surface area contributed by atoms with Crippen molar-refractivity contribution in [1.82, 2.24) is 14.8 Å². The average molecular weight is 545 g/mol. The second kappa shape index (κ2) is 10.4. The molecule has 0 saturated carbocycles. The molecule has 8 nitrogen and oxygen atoms in total. The summed E-state index contributed by atoms with van der Waals surface area (Å²) in [5.41, 5.74) is 3.00. The van der Waals surface area contributed by atoms with Gasteiger partial charge in [0.05, 0.1) is 29.1 Å². The van der Waals surface area contributed by atoms with Crippen LogP contribution in [0.3, 0.4) is 0 Å². The number of hydrogen-bond donors (Lipinski definition) is 2. The van der Waals surface area contributed by atoms with E-state index in [4.69, 9.17) is 27.2 Å². The number of methoxy groups -OCH3 is 1. The summed E-state index contributed by atoms with van der Waals surface area (Å²) in [4.78, 5) is 0.757. The fourth-order valence-corrected chi connectivity index (χ4v) is 4.88. The lowest BCUT2D eigenvalue weighted by atomic mass is 10.1. The third-order valence-corrected chi connectivity index (χ3v) is 7.54. The zero-order valence-corrected chi connectivity index (χ0v) is 21.6. The van der Waals surface area contributed by atoms with Crippen LogP contribution < -0.4 is 9.88 Å². The maximum absolute atomic E-state index is 14.5. The Hall–Kier alpha value is -3.29. The van der Waals surface area contributed by atoms with E-state index < -0.39 is 15.8 Å². The van der Waals surface area contributed by atoms with Crippen molar-refractivity contribution in [3.8, 4) is 34.0 Å². The molecule has 0 aliphatic heterocycles. The van der Waals surface area contributed by atoms with Crippen LogP contribution in [-0.2, 0) is 10.0 Å². The number of hydroxylamine groups is 2. The monoisotopic (exact) mass is 544 g/mol. The van der Waals surface area contributed by atoms with Crippen LogP contribution in [0, 0.1) is 5.82 Å². The first kappa shape index (κ1) is 25.8. The number of thioether (sulfide) groups is 1. The van der Waals surface area contributed by atoms with E-state index in [1.165, 1.54) is 50.2 Å². The maximum atomic E-state index is 14.5. The minimum atomic E-state index is -3.86. The molecule has 4 rings (SSSR count). The largest absolute Gasteiger partial charge is 0.494 e. The minimum Gasteiger partial charge on any atom is -0.494 e. The lowest BCUT2D eigenvalue weighted by Crippen LogP contribution is -2.16. The van der Waals surface area contributed by atoms with E-state index in [-0.39, 0.29) is 15.0 Å². The first-order valence-corrected chi connectivity index (χ1v) is 13.2. The summed E-state index contributed by atoms with van der Waals surface area (Å²) in [6, 6.07) is 19.7. The highest BCUT2D eigenvalue weighted by Crippen LogP contribution is 2.33. The third kappa shape index (κ3) is 5.58. The molecular weight excluding hydrogens is 523 g/mol. The van der Waals surface area contributed by atoms with Crippen LogP contribution in [0.2, 0.25) is 0 Å². The summed E-state index contributed by atoms with van der Waals surface area (Å²) >= 11 is 6.38. The van der Waals surface area contributed by atoms with Crippen molar-refractivity contribution in [2.45, 2.75) is 9.79 Å². The second-order valence-corrected chi connectivity index (χ2v) is 10.9. The molecular formula is C24H21FN4O4S3. The van der Waals surface area contributed by atoms with Gasteiger partial charge in [-0.3, -0.25) is 5.21 Å². The van der Waals surface area contributed by atoms with Gasteiger partial charge < -0.3 is 4.74 Å². The van der Waals surface area contributed by atoms with Crippen molar-refractivity contribution < 1.29 is 22.8 Å². The molecule has 0 aliphatic carbocycles. The number of primary sulfonamides is 1. The van der Waals surface area contributed by atoms with E-state index in [9.17, 15) is 18.0 Å². The lowest BCUT2D eigenvalue weighted by molar-refractivity contribution is 0.0205. The summed E-state index contributed by atoms with van der Waals surface area (Å²) in [6.45, 7) is 0. The van der Waals surface area contributed by atoms with E-state index in [1.54, 1.807) is 28.9 Å². The molecule has 1 aromatic heterocycles. The number of sulfonamides is 1. The Labute approximate surface area is 217 Å². The fourth-order valence-electron chi connectivity index (χ4n) is 3.41. The molecule has 0 amide bonds. The van der Waals surface area contributed by atoms with E-state index in [0.29, 0.717) is 22.6 Å². The number of nitrogens with two attached hydrogens (primary N) is 1. The Kier molecular flexibility index (Phi) is 7.43. The fraction of sp³-hybridized carbons (Fsp3) is 0.0833. The van der Waals surface area contributed by atoms with Crippen LogP contribution >= 0.6 is 24.0 Å². The topological polar surface area (TPSA) is 111 Å². The molecule has 36 heavy (non-hydrogen) atoms. The van der Waals surface area contributed by atoms with Gasteiger partial charge in [0, 0.05) is 23.1 Å².